The second-order valence-electron chi connectivity index (χ2n) is 9.61. The SMILES string of the molecule is CC(C)C(CNC(=O)OCC1c2ccccc2-c2ccccc21)C(=O)NC1C=CCC(C(=O)O)C1. The Bertz CT molecular complexity index is 1080. The number of nitrogens with one attached hydrogen (secondary N) is 2. The van der Waals surface area contributed by atoms with Crippen LogP contribution in [-0.4, -0.2) is 42.3 Å². The van der Waals surface area contributed by atoms with E-state index in [1.165, 1.54) is 0 Å². The maximum atomic E-state index is 12.9. The van der Waals surface area contributed by atoms with Crippen LogP contribution in [0.1, 0.15) is 43.7 Å². The third kappa shape index (κ3) is 5.56. The molecule has 7 heteroatoms. The Morgan fingerprint density at radius 2 is 1.66 bits per heavy atom. The maximum absolute atomic E-state index is 12.9. The highest BCUT2D eigenvalue weighted by atomic mass is 16.5. The number of carboxylic acids is 1. The average molecular weight is 477 g/mol. The molecular weight excluding hydrogens is 444 g/mol. The van der Waals surface area contributed by atoms with Crippen LogP contribution in [0.3, 0.4) is 0 Å². The molecule has 2 aromatic carbocycles. The highest BCUT2D eigenvalue weighted by Gasteiger charge is 2.30. The van der Waals surface area contributed by atoms with E-state index in [-0.39, 0.29) is 36.9 Å². The van der Waals surface area contributed by atoms with Gasteiger partial charge in [-0.25, -0.2) is 4.79 Å². The van der Waals surface area contributed by atoms with Crippen LogP contribution in [-0.2, 0) is 14.3 Å². The van der Waals surface area contributed by atoms with Crippen LogP contribution in [0.15, 0.2) is 60.7 Å². The van der Waals surface area contributed by atoms with Gasteiger partial charge in [0.05, 0.1) is 11.8 Å². The predicted molar refractivity (Wildman–Crippen MR) is 133 cm³/mol. The summed E-state index contributed by atoms with van der Waals surface area (Å²) in [6, 6.07) is 16.0. The third-order valence-corrected chi connectivity index (χ3v) is 6.96. The highest BCUT2D eigenvalue weighted by molar-refractivity contribution is 5.81. The van der Waals surface area contributed by atoms with E-state index in [9.17, 15) is 19.5 Å². The van der Waals surface area contributed by atoms with Gasteiger partial charge in [0, 0.05) is 18.5 Å². The summed E-state index contributed by atoms with van der Waals surface area (Å²) in [4.78, 5) is 36.7. The fourth-order valence-electron chi connectivity index (χ4n) is 4.96. The van der Waals surface area contributed by atoms with E-state index in [0.29, 0.717) is 12.8 Å². The minimum Gasteiger partial charge on any atom is -0.481 e. The van der Waals surface area contributed by atoms with Crippen LogP contribution < -0.4 is 10.6 Å². The molecule has 2 aromatic rings. The number of ether oxygens (including phenoxy) is 1. The lowest BCUT2D eigenvalue weighted by atomic mass is 9.89. The molecule has 184 valence electrons. The summed E-state index contributed by atoms with van der Waals surface area (Å²) in [7, 11) is 0. The van der Waals surface area contributed by atoms with Gasteiger partial charge in [0.2, 0.25) is 5.91 Å². The molecule has 0 heterocycles. The molecular formula is C28H32N2O5. The number of fused-ring (bicyclic) bond motifs is 3. The number of rotatable bonds is 8. The number of carbonyl (C=O) groups is 3. The Kier molecular flexibility index (Phi) is 7.54. The lowest BCUT2D eigenvalue weighted by Crippen LogP contribution is -2.46. The monoisotopic (exact) mass is 476 g/mol. The first kappa shape index (κ1) is 24.5. The van der Waals surface area contributed by atoms with Gasteiger partial charge in [-0.15, -0.1) is 0 Å². The molecule has 3 unspecified atom stereocenters. The topological polar surface area (TPSA) is 105 Å². The van der Waals surface area contributed by atoms with Gasteiger partial charge in [0.15, 0.2) is 0 Å². The van der Waals surface area contributed by atoms with E-state index in [1.54, 1.807) is 6.08 Å². The zero-order valence-electron chi connectivity index (χ0n) is 20.1. The molecule has 2 amide bonds. The molecule has 2 aliphatic carbocycles. The van der Waals surface area contributed by atoms with Crippen LogP contribution >= 0.6 is 0 Å². The van der Waals surface area contributed by atoms with Crippen LogP contribution in [0.5, 0.6) is 0 Å². The number of hydrogen-bond donors (Lipinski definition) is 3. The maximum Gasteiger partial charge on any atom is 0.407 e. The number of aliphatic carboxylic acids is 1. The Morgan fingerprint density at radius 1 is 1.03 bits per heavy atom. The highest BCUT2D eigenvalue weighted by Crippen LogP contribution is 2.44. The Labute approximate surface area is 205 Å². The Balaban J connectivity index is 1.32. The summed E-state index contributed by atoms with van der Waals surface area (Å²) >= 11 is 0. The van der Waals surface area contributed by atoms with Crippen molar-refractivity contribution in [1.82, 2.24) is 10.6 Å². The number of hydrogen-bond acceptors (Lipinski definition) is 4. The number of carboxylic acid groups (broad SMARTS) is 1. The molecule has 3 atom stereocenters. The number of allylic oxidation sites excluding steroid dienone is 1. The molecule has 3 N–H and O–H groups in total. The molecule has 0 saturated carbocycles. The van der Waals surface area contributed by atoms with Crippen molar-refractivity contribution in [3.8, 4) is 11.1 Å². The standard InChI is InChI=1S/C28H32N2O5/c1-17(2)24(26(31)30-19-9-7-8-18(14-19)27(32)33)15-29-28(34)35-16-25-22-12-5-3-10-20(22)21-11-4-6-13-23(21)25/h3-7,9-13,17-19,24-25H,8,14-16H2,1-2H3,(H,29,34)(H,30,31)(H,32,33). The van der Waals surface area contributed by atoms with Gasteiger partial charge in [-0.05, 0) is 41.0 Å². The smallest absolute Gasteiger partial charge is 0.407 e. The van der Waals surface area contributed by atoms with Crippen molar-refractivity contribution in [1.29, 1.82) is 0 Å². The van der Waals surface area contributed by atoms with Crippen molar-refractivity contribution < 1.29 is 24.2 Å². The number of carbonyl (C=O) groups excluding carboxylic acids is 2. The fraction of sp³-hybridized carbons (Fsp3) is 0.393. The molecule has 0 bridgehead atoms. The van der Waals surface area contributed by atoms with E-state index in [0.717, 1.165) is 22.3 Å². The molecule has 35 heavy (non-hydrogen) atoms. The average Bonchev–Trinajstić information content (AvgIpc) is 3.16. The Morgan fingerprint density at radius 3 is 2.26 bits per heavy atom. The Hall–Kier alpha value is -3.61. The summed E-state index contributed by atoms with van der Waals surface area (Å²) < 4.78 is 5.58. The van der Waals surface area contributed by atoms with Gasteiger partial charge >= 0.3 is 12.1 Å². The van der Waals surface area contributed by atoms with E-state index in [4.69, 9.17) is 4.74 Å². The van der Waals surface area contributed by atoms with Crippen LogP contribution in [0.4, 0.5) is 4.79 Å². The molecule has 0 fully saturated rings. The van der Waals surface area contributed by atoms with Gasteiger partial charge < -0.3 is 20.5 Å². The summed E-state index contributed by atoms with van der Waals surface area (Å²) in [5, 5.41) is 14.9. The summed E-state index contributed by atoms with van der Waals surface area (Å²) in [5.41, 5.74) is 4.60. The van der Waals surface area contributed by atoms with Crippen LogP contribution in [0, 0.1) is 17.8 Å². The number of benzene rings is 2. The largest absolute Gasteiger partial charge is 0.481 e. The lowest BCUT2D eigenvalue weighted by molar-refractivity contribution is -0.142. The lowest BCUT2D eigenvalue weighted by Gasteiger charge is -2.27. The van der Waals surface area contributed by atoms with Gasteiger partial charge in [-0.3, -0.25) is 9.59 Å². The third-order valence-electron chi connectivity index (χ3n) is 6.96. The van der Waals surface area contributed by atoms with Gasteiger partial charge in [0.1, 0.15) is 6.61 Å². The van der Waals surface area contributed by atoms with E-state index in [1.807, 2.05) is 44.2 Å². The summed E-state index contributed by atoms with van der Waals surface area (Å²) in [5.74, 6) is -2.08. The van der Waals surface area contributed by atoms with Crippen LogP contribution in [0.25, 0.3) is 11.1 Å². The molecule has 7 nitrogen and oxygen atoms in total. The first-order valence-corrected chi connectivity index (χ1v) is 12.1. The molecule has 0 spiro atoms. The van der Waals surface area contributed by atoms with E-state index >= 15 is 0 Å². The van der Waals surface area contributed by atoms with Gasteiger partial charge in [-0.2, -0.15) is 0 Å². The quantitative estimate of drug-likeness (QED) is 0.492. The second kappa shape index (κ2) is 10.8. The van der Waals surface area contributed by atoms with Crippen molar-refractivity contribution in [2.45, 2.75) is 38.6 Å². The number of alkyl carbamates (subject to hydrolysis) is 1. The van der Waals surface area contributed by atoms with Crippen molar-refractivity contribution in [2.24, 2.45) is 17.8 Å². The first-order valence-electron chi connectivity index (χ1n) is 12.1. The molecule has 0 radical (unpaired) electrons. The molecule has 0 saturated heterocycles. The summed E-state index contributed by atoms with van der Waals surface area (Å²) in [6.45, 7) is 4.18. The number of amides is 2. The second-order valence-corrected chi connectivity index (χ2v) is 9.61. The van der Waals surface area contributed by atoms with Crippen molar-refractivity contribution >= 4 is 18.0 Å². The zero-order chi connectivity index (χ0) is 24.9. The van der Waals surface area contributed by atoms with E-state index < -0.39 is 23.9 Å². The fourth-order valence-corrected chi connectivity index (χ4v) is 4.96. The van der Waals surface area contributed by atoms with Gasteiger partial charge in [0.25, 0.3) is 0 Å². The first-order chi connectivity index (χ1) is 16.8. The van der Waals surface area contributed by atoms with Crippen molar-refractivity contribution in [3.63, 3.8) is 0 Å². The van der Waals surface area contributed by atoms with Crippen molar-refractivity contribution in [2.75, 3.05) is 13.2 Å². The van der Waals surface area contributed by atoms with Gasteiger partial charge in [-0.1, -0.05) is 74.5 Å². The minimum absolute atomic E-state index is 0.0215. The summed E-state index contributed by atoms with van der Waals surface area (Å²) in [6.07, 6.45) is 3.91. The van der Waals surface area contributed by atoms with E-state index in [2.05, 4.69) is 34.9 Å². The minimum atomic E-state index is -0.856. The van der Waals surface area contributed by atoms with Crippen LogP contribution in [0.2, 0.25) is 0 Å². The normalized spacial score (nSPS) is 19.5. The predicted octanol–water partition coefficient (Wildman–Crippen LogP) is 4.33. The molecule has 0 aliphatic heterocycles. The molecule has 4 rings (SSSR count). The van der Waals surface area contributed by atoms with Crippen molar-refractivity contribution in [3.05, 3.63) is 71.8 Å². The zero-order valence-corrected chi connectivity index (χ0v) is 20.1. The molecule has 0 aromatic heterocycles. The molecule has 2 aliphatic rings.